The first-order chi connectivity index (χ1) is 9.79. The van der Waals surface area contributed by atoms with Crippen molar-refractivity contribution in [2.75, 3.05) is 0 Å². The smallest absolute Gasteiger partial charge is 0.265 e. The van der Waals surface area contributed by atoms with Crippen LogP contribution in [-0.4, -0.2) is 8.42 Å². The Morgan fingerprint density at radius 3 is 2.48 bits per heavy atom. The second-order valence-corrected chi connectivity index (χ2v) is 7.42. The van der Waals surface area contributed by atoms with E-state index in [-0.39, 0.29) is 6.61 Å². The van der Waals surface area contributed by atoms with Crippen LogP contribution in [0.15, 0.2) is 45.8 Å². The lowest BCUT2D eigenvalue weighted by molar-refractivity contribution is 0.280. The predicted octanol–water partition coefficient (Wildman–Crippen LogP) is 4.23. The van der Waals surface area contributed by atoms with E-state index in [0.29, 0.717) is 22.2 Å². The third-order valence-corrected chi connectivity index (χ3v) is 4.67. The molecular formula is C13H8BrClF2O3S. The first-order valence-corrected chi connectivity index (χ1v) is 8.69. The van der Waals surface area contributed by atoms with Crippen molar-refractivity contribution in [2.24, 2.45) is 0 Å². The van der Waals surface area contributed by atoms with Gasteiger partial charge in [-0.25, -0.2) is 17.2 Å². The Balaban J connectivity index is 2.39. The molecule has 0 aliphatic rings. The van der Waals surface area contributed by atoms with Crippen molar-refractivity contribution < 1.29 is 21.9 Å². The molecule has 0 N–H and O–H groups in total. The summed E-state index contributed by atoms with van der Waals surface area (Å²) >= 11 is 3.28. The predicted molar refractivity (Wildman–Crippen MR) is 77.9 cm³/mol. The van der Waals surface area contributed by atoms with Gasteiger partial charge >= 0.3 is 0 Å². The Morgan fingerprint density at radius 1 is 1.19 bits per heavy atom. The lowest BCUT2D eigenvalue weighted by atomic mass is 10.2. The minimum atomic E-state index is -4.34. The van der Waals surface area contributed by atoms with Crippen LogP contribution < -0.4 is 4.74 Å². The zero-order valence-corrected chi connectivity index (χ0v) is 13.5. The van der Waals surface area contributed by atoms with E-state index in [1.165, 1.54) is 0 Å². The van der Waals surface area contributed by atoms with Gasteiger partial charge in [0.1, 0.15) is 17.3 Å². The average Bonchev–Trinajstić information content (AvgIpc) is 2.37. The Kier molecular flexibility index (Phi) is 4.85. The van der Waals surface area contributed by atoms with Gasteiger partial charge in [0.15, 0.2) is 11.6 Å². The maximum Gasteiger partial charge on any atom is 0.265 e. The average molecular weight is 398 g/mol. The van der Waals surface area contributed by atoms with Gasteiger partial charge in [0, 0.05) is 26.8 Å². The van der Waals surface area contributed by atoms with E-state index in [2.05, 4.69) is 15.9 Å². The van der Waals surface area contributed by atoms with Crippen molar-refractivity contribution in [3.8, 4) is 5.75 Å². The number of ether oxygens (including phenoxy) is 1. The molecule has 0 heterocycles. The zero-order valence-electron chi connectivity index (χ0n) is 10.3. The summed E-state index contributed by atoms with van der Waals surface area (Å²) in [5.41, 5.74) is 0.666. The molecule has 2 rings (SSSR count). The summed E-state index contributed by atoms with van der Waals surface area (Å²) < 4.78 is 55.5. The number of benzene rings is 2. The van der Waals surface area contributed by atoms with E-state index in [9.17, 15) is 17.2 Å². The van der Waals surface area contributed by atoms with Crippen molar-refractivity contribution in [1.29, 1.82) is 0 Å². The normalized spacial score (nSPS) is 11.4. The first-order valence-electron chi connectivity index (χ1n) is 5.59. The van der Waals surface area contributed by atoms with E-state index in [4.69, 9.17) is 15.4 Å². The van der Waals surface area contributed by atoms with E-state index in [1.54, 1.807) is 24.3 Å². The molecule has 2 aromatic rings. The summed E-state index contributed by atoms with van der Waals surface area (Å²) in [4.78, 5) is -0.742. The monoisotopic (exact) mass is 396 g/mol. The van der Waals surface area contributed by atoms with Crippen LogP contribution in [0, 0.1) is 11.6 Å². The molecule has 3 nitrogen and oxygen atoms in total. The fraction of sp³-hybridized carbons (Fsp3) is 0.0769. The van der Waals surface area contributed by atoms with Crippen molar-refractivity contribution >= 4 is 35.7 Å². The van der Waals surface area contributed by atoms with Gasteiger partial charge in [-0.05, 0) is 12.1 Å². The van der Waals surface area contributed by atoms with Gasteiger partial charge in [0.2, 0.25) is 0 Å². The number of hydrogen-bond donors (Lipinski definition) is 0. The Hall–Kier alpha value is -1.18. The first kappa shape index (κ1) is 16.2. The van der Waals surface area contributed by atoms with Gasteiger partial charge < -0.3 is 4.74 Å². The molecule has 0 aliphatic heterocycles. The molecule has 112 valence electrons. The van der Waals surface area contributed by atoms with Gasteiger partial charge in [-0.1, -0.05) is 34.1 Å². The molecule has 8 heteroatoms. The van der Waals surface area contributed by atoms with Crippen LogP contribution in [0.2, 0.25) is 0 Å². The van der Waals surface area contributed by atoms with Gasteiger partial charge in [0.25, 0.3) is 9.05 Å². The molecule has 0 atom stereocenters. The van der Waals surface area contributed by atoms with Gasteiger partial charge in [-0.15, -0.1) is 0 Å². The molecule has 21 heavy (non-hydrogen) atoms. The second kappa shape index (κ2) is 6.29. The van der Waals surface area contributed by atoms with E-state index in [0.717, 1.165) is 0 Å². The van der Waals surface area contributed by atoms with E-state index < -0.39 is 31.3 Å². The molecule has 0 aliphatic carbocycles. The lowest BCUT2D eigenvalue weighted by Crippen LogP contribution is -2.04. The van der Waals surface area contributed by atoms with Gasteiger partial charge in [0.05, 0.1) is 0 Å². The third-order valence-electron chi connectivity index (χ3n) is 2.57. The summed E-state index contributed by atoms with van der Waals surface area (Å²) in [6.07, 6.45) is 0. The molecule has 0 unspecified atom stereocenters. The summed E-state index contributed by atoms with van der Waals surface area (Å²) in [5.74, 6) is -2.80. The van der Waals surface area contributed by atoms with Crippen LogP contribution in [0.1, 0.15) is 5.56 Å². The van der Waals surface area contributed by atoms with Crippen molar-refractivity contribution in [2.45, 2.75) is 11.5 Å². The van der Waals surface area contributed by atoms with Crippen LogP contribution >= 0.6 is 26.6 Å². The molecule has 0 aromatic heterocycles. The van der Waals surface area contributed by atoms with Gasteiger partial charge in [-0.3, -0.25) is 0 Å². The van der Waals surface area contributed by atoms with Crippen molar-refractivity contribution in [1.82, 2.24) is 0 Å². The fourth-order valence-electron chi connectivity index (χ4n) is 1.62. The Bertz CT molecular complexity index is 781. The highest BCUT2D eigenvalue weighted by Crippen LogP contribution is 2.32. The van der Waals surface area contributed by atoms with Crippen LogP contribution in [0.4, 0.5) is 8.78 Å². The summed E-state index contributed by atoms with van der Waals surface area (Å²) in [6.45, 7) is -0.108. The number of halogens is 4. The van der Waals surface area contributed by atoms with Crippen LogP contribution in [-0.2, 0) is 15.7 Å². The SMILES string of the molecule is O=S(=O)(Cl)c1cc(F)cc(F)c1OCc1ccccc1Br. The maximum absolute atomic E-state index is 13.7. The minimum absolute atomic E-state index is 0.108. The molecule has 0 radical (unpaired) electrons. The Labute approximate surface area is 133 Å². The highest BCUT2D eigenvalue weighted by Gasteiger charge is 2.22. The molecule has 0 saturated heterocycles. The van der Waals surface area contributed by atoms with Gasteiger partial charge in [-0.2, -0.15) is 0 Å². The lowest BCUT2D eigenvalue weighted by Gasteiger charge is -2.11. The minimum Gasteiger partial charge on any atom is -0.484 e. The largest absolute Gasteiger partial charge is 0.484 e. The van der Waals surface area contributed by atoms with Crippen LogP contribution in [0.25, 0.3) is 0 Å². The highest BCUT2D eigenvalue weighted by molar-refractivity contribution is 9.10. The highest BCUT2D eigenvalue weighted by atomic mass is 79.9. The summed E-state index contributed by atoms with van der Waals surface area (Å²) in [5, 5.41) is 0. The van der Waals surface area contributed by atoms with Crippen LogP contribution in [0.3, 0.4) is 0 Å². The summed E-state index contributed by atoms with van der Waals surface area (Å²) in [7, 11) is 0.833. The van der Waals surface area contributed by atoms with Crippen molar-refractivity contribution in [3.05, 3.63) is 58.1 Å². The summed E-state index contributed by atoms with van der Waals surface area (Å²) in [6, 6.07) is 8.12. The molecular weight excluding hydrogens is 390 g/mol. The zero-order chi connectivity index (χ0) is 15.6. The van der Waals surface area contributed by atoms with Crippen molar-refractivity contribution in [3.63, 3.8) is 0 Å². The van der Waals surface area contributed by atoms with E-state index >= 15 is 0 Å². The fourth-order valence-corrected chi connectivity index (χ4v) is 3.00. The maximum atomic E-state index is 13.7. The molecule has 0 bridgehead atoms. The molecule has 0 saturated carbocycles. The third kappa shape index (κ3) is 3.93. The molecule has 0 fully saturated rings. The Morgan fingerprint density at radius 2 is 1.86 bits per heavy atom. The number of rotatable bonds is 4. The van der Waals surface area contributed by atoms with Crippen LogP contribution in [0.5, 0.6) is 5.75 Å². The molecule has 2 aromatic carbocycles. The molecule has 0 amide bonds. The quantitative estimate of drug-likeness (QED) is 0.725. The standard InChI is InChI=1S/C13H8BrClF2O3S/c14-10-4-2-1-3-8(10)7-20-13-11(17)5-9(16)6-12(13)21(15,18)19/h1-6H,7H2. The molecule has 0 spiro atoms. The topological polar surface area (TPSA) is 43.4 Å². The number of hydrogen-bond acceptors (Lipinski definition) is 3. The second-order valence-electron chi connectivity index (χ2n) is 4.03. The van der Waals surface area contributed by atoms with E-state index in [1.807, 2.05) is 0 Å².